The van der Waals surface area contributed by atoms with Crippen LogP contribution in [-0.4, -0.2) is 29.5 Å². The molecule has 1 heterocycles. The zero-order valence-corrected chi connectivity index (χ0v) is 13.2. The van der Waals surface area contributed by atoms with Crippen LogP contribution in [0, 0.1) is 13.8 Å². The third kappa shape index (κ3) is 3.03. The molecule has 0 fully saturated rings. The van der Waals surface area contributed by atoms with Gasteiger partial charge in [0.2, 0.25) is 0 Å². The van der Waals surface area contributed by atoms with Crippen molar-refractivity contribution in [2.24, 2.45) is 0 Å². The van der Waals surface area contributed by atoms with E-state index in [1.165, 1.54) is 0 Å². The van der Waals surface area contributed by atoms with E-state index < -0.39 is 5.97 Å². The molecule has 1 aromatic heterocycles. The number of nitrogens with zero attached hydrogens (tertiary/aromatic N) is 2. The molecule has 6 heteroatoms. The van der Waals surface area contributed by atoms with Crippen LogP contribution in [0.4, 0.5) is 0 Å². The van der Waals surface area contributed by atoms with Crippen LogP contribution >= 0.6 is 11.6 Å². The minimum absolute atomic E-state index is 0.268. The SMILES string of the molecule is CCOC(=O)c1cc(C)n(-c2cc(C)c(Cl)cc2OC)n1. The van der Waals surface area contributed by atoms with Crippen LogP contribution in [0.2, 0.25) is 5.02 Å². The standard InChI is InChI=1S/C15H17ClN2O3/c1-5-21-15(19)12-7-10(3)18(17-12)13-6-9(2)11(16)8-14(13)20-4/h6-8H,5H2,1-4H3. The number of aryl methyl sites for hydroxylation is 2. The summed E-state index contributed by atoms with van der Waals surface area (Å²) < 4.78 is 12.0. The summed E-state index contributed by atoms with van der Waals surface area (Å²) in [6.07, 6.45) is 0. The molecule has 5 nitrogen and oxygen atoms in total. The minimum Gasteiger partial charge on any atom is -0.494 e. The van der Waals surface area contributed by atoms with E-state index in [0.29, 0.717) is 17.4 Å². The Balaban J connectivity index is 2.52. The highest BCUT2D eigenvalue weighted by atomic mass is 35.5. The first-order valence-corrected chi connectivity index (χ1v) is 6.94. The van der Waals surface area contributed by atoms with Gasteiger partial charge in [-0.1, -0.05) is 11.6 Å². The van der Waals surface area contributed by atoms with Gasteiger partial charge in [0.25, 0.3) is 0 Å². The fourth-order valence-electron chi connectivity index (χ4n) is 2.00. The van der Waals surface area contributed by atoms with Crippen molar-refractivity contribution >= 4 is 17.6 Å². The summed E-state index contributed by atoms with van der Waals surface area (Å²) in [6, 6.07) is 5.29. The summed E-state index contributed by atoms with van der Waals surface area (Å²) in [5, 5.41) is 4.91. The Morgan fingerprint density at radius 3 is 2.67 bits per heavy atom. The quantitative estimate of drug-likeness (QED) is 0.813. The molecule has 1 aromatic carbocycles. The lowest BCUT2D eigenvalue weighted by Crippen LogP contribution is -2.07. The summed E-state index contributed by atoms with van der Waals surface area (Å²) in [6.45, 7) is 5.83. The first-order chi connectivity index (χ1) is 9.97. The van der Waals surface area contributed by atoms with Crippen LogP contribution < -0.4 is 4.74 Å². The van der Waals surface area contributed by atoms with Gasteiger partial charge in [-0.3, -0.25) is 0 Å². The van der Waals surface area contributed by atoms with Gasteiger partial charge in [-0.25, -0.2) is 9.48 Å². The lowest BCUT2D eigenvalue weighted by atomic mass is 10.2. The fraction of sp³-hybridized carbons (Fsp3) is 0.333. The third-order valence-corrected chi connectivity index (χ3v) is 3.47. The van der Waals surface area contributed by atoms with Gasteiger partial charge < -0.3 is 9.47 Å². The normalized spacial score (nSPS) is 10.5. The van der Waals surface area contributed by atoms with Gasteiger partial charge in [0.1, 0.15) is 11.4 Å². The molecule has 112 valence electrons. The zero-order valence-electron chi connectivity index (χ0n) is 12.4. The second-order valence-electron chi connectivity index (χ2n) is 4.58. The molecule has 0 aliphatic rings. The smallest absolute Gasteiger partial charge is 0.358 e. The van der Waals surface area contributed by atoms with E-state index in [9.17, 15) is 4.79 Å². The van der Waals surface area contributed by atoms with E-state index in [1.807, 2.05) is 19.9 Å². The van der Waals surface area contributed by atoms with Gasteiger partial charge in [0.15, 0.2) is 5.69 Å². The average molecular weight is 309 g/mol. The van der Waals surface area contributed by atoms with Crippen LogP contribution in [0.1, 0.15) is 28.7 Å². The van der Waals surface area contributed by atoms with Crippen molar-refractivity contribution in [3.8, 4) is 11.4 Å². The van der Waals surface area contributed by atoms with Gasteiger partial charge in [0.05, 0.1) is 13.7 Å². The van der Waals surface area contributed by atoms with Crippen molar-refractivity contribution in [1.29, 1.82) is 0 Å². The topological polar surface area (TPSA) is 53.4 Å². The minimum atomic E-state index is -0.441. The first-order valence-electron chi connectivity index (χ1n) is 6.56. The molecular weight excluding hydrogens is 292 g/mol. The maximum Gasteiger partial charge on any atom is 0.358 e. The summed E-state index contributed by atoms with van der Waals surface area (Å²) in [5.74, 6) is 0.149. The second-order valence-corrected chi connectivity index (χ2v) is 4.98. The van der Waals surface area contributed by atoms with Gasteiger partial charge >= 0.3 is 5.97 Å². The molecule has 0 aliphatic carbocycles. The molecule has 0 bridgehead atoms. The Morgan fingerprint density at radius 1 is 1.33 bits per heavy atom. The summed E-state index contributed by atoms with van der Waals surface area (Å²) in [4.78, 5) is 11.8. The van der Waals surface area contributed by atoms with E-state index in [1.54, 1.807) is 30.8 Å². The number of halogens is 1. The van der Waals surface area contributed by atoms with Gasteiger partial charge in [-0.15, -0.1) is 0 Å². The van der Waals surface area contributed by atoms with E-state index in [4.69, 9.17) is 21.1 Å². The Hall–Kier alpha value is -2.01. The highest BCUT2D eigenvalue weighted by Gasteiger charge is 2.17. The molecule has 0 unspecified atom stereocenters. The van der Waals surface area contributed by atoms with E-state index >= 15 is 0 Å². The molecular formula is C15H17ClN2O3. The predicted octanol–water partition coefficient (Wildman–Crippen LogP) is 3.33. The number of ether oxygens (including phenoxy) is 2. The summed E-state index contributed by atoms with van der Waals surface area (Å²) >= 11 is 6.10. The maximum absolute atomic E-state index is 11.8. The number of carbonyl (C=O) groups is 1. The Bertz CT molecular complexity index is 680. The van der Waals surface area contributed by atoms with Crippen molar-refractivity contribution in [2.45, 2.75) is 20.8 Å². The van der Waals surface area contributed by atoms with E-state index in [-0.39, 0.29) is 5.69 Å². The molecule has 0 spiro atoms. The molecule has 0 N–H and O–H groups in total. The number of hydrogen-bond donors (Lipinski definition) is 0. The molecule has 2 aromatic rings. The molecule has 0 radical (unpaired) electrons. The number of rotatable bonds is 4. The second kappa shape index (κ2) is 6.18. The summed E-state index contributed by atoms with van der Waals surface area (Å²) in [5.41, 5.74) is 2.70. The zero-order chi connectivity index (χ0) is 15.6. The summed E-state index contributed by atoms with van der Waals surface area (Å²) in [7, 11) is 1.57. The fourth-order valence-corrected chi connectivity index (χ4v) is 2.15. The number of hydrogen-bond acceptors (Lipinski definition) is 4. The van der Waals surface area contributed by atoms with E-state index in [0.717, 1.165) is 16.9 Å². The van der Waals surface area contributed by atoms with Crippen LogP contribution in [0.25, 0.3) is 5.69 Å². The Labute approximate surface area is 128 Å². The number of benzene rings is 1. The highest BCUT2D eigenvalue weighted by Crippen LogP contribution is 2.30. The Morgan fingerprint density at radius 2 is 2.05 bits per heavy atom. The number of carbonyl (C=O) groups excluding carboxylic acids is 1. The van der Waals surface area contributed by atoms with Crippen molar-refractivity contribution in [1.82, 2.24) is 9.78 Å². The van der Waals surface area contributed by atoms with Crippen molar-refractivity contribution in [2.75, 3.05) is 13.7 Å². The molecule has 0 saturated carbocycles. The number of aromatic nitrogens is 2. The third-order valence-electron chi connectivity index (χ3n) is 3.06. The van der Waals surface area contributed by atoms with E-state index in [2.05, 4.69) is 5.10 Å². The van der Waals surface area contributed by atoms with Crippen LogP contribution in [-0.2, 0) is 4.74 Å². The van der Waals surface area contributed by atoms with Crippen LogP contribution in [0.5, 0.6) is 5.75 Å². The predicted molar refractivity (Wildman–Crippen MR) is 80.6 cm³/mol. The molecule has 0 aliphatic heterocycles. The molecule has 2 rings (SSSR count). The van der Waals surface area contributed by atoms with Crippen LogP contribution in [0.3, 0.4) is 0 Å². The number of methoxy groups -OCH3 is 1. The Kier molecular flexibility index (Phi) is 4.53. The number of esters is 1. The highest BCUT2D eigenvalue weighted by molar-refractivity contribution is 6.31. The molecule has 21 heavy (non-hydrogen) atoms. The van der Waals surface area contributed by atoms with Crippen molar-refractivity contribution < 1.29 is 14.3 Å². The monoisotopic (exact) mass is 308 g/mol. The van der Waals surface area contributed by atoms with Gasteiger partial charge in [-0.2, -0.15) is 5.10 Å². The lowest BCUT2D eigenvalue weighted by molar-refractivity contribution is 0.0519. The van der Waals surface area contributed by atoms with Crippen molar-refractivity contribution in [3.63, 3.8) is 0 Å². The lowest BCUT2D eigenvalue weighted by Gasteiger charge is -2.12. The molecule has 0 saturated heterocycles. The molecule has 0 atom stereocenters. The van der Waals surface area contributed by atoms with Gasteiger partial charge in [0, 0.05) is 16.8 Å². The average Bonchev–Trinajstić information content (AvgIpc) is 2.83. The van der Waals surface area contributed by atoms with Crippen molar-refractivity contribution in [3.05, 3.63) is 40.2 Å². The van der Waals surface area contributed by atoms with Crippen LogP contribution in [0.15, 0.2) is 18.2 Å². The molecule has 0 amide bonds. The van der Waals surface area contributed by atoms with Gasteiger partial charge in [-0.05, 0) is 38.5 Å². The maximum atomic E-state index is 11.8. The largest absolute Gasteiger partial charge is 0.494 e. The first kappa shape index (κ1) is 15.4.